The molecular weight excluding hydrogens is 506 g/mol. The van der Waals surface area contributed by atoms with E-state index in [9.17, 15) is 4.79 Å². The molecule has 0 aromatic heterocycles. The van der Waals surface area contributed by atoms with Gasteiger partial charge in [0.25, 0.3) is 5.24 Å². The quantitative estimate of drug-likeness (QED) is 0.302. The summed E-state index contributed by atoms with van der Waals surface area (Å²) < 4.78 is 12.7. The van der Waals surface area contributed by atoms with Crippen LogP contribution in [0.4, 0.5) is 4.79 Å². The van der Waals surface area contributed by atoms with Crippen molar-refractivity contribution in [1.82, 2.24) is 10.3 Å². The zero-order valence-electron chi connectivity index (χ0n) is 21.0. The Morgan fingerprint density at radius 1 is 0.974 bits per heavy atom. The van der Waals surface area contributed by atoms with E-state index in [0.717, 1.165) is 56.1 Å². The van der Waals surface area contributed by atoms with E-state index in [1.165, 1.54) is 0 Å². The minimum absolute atomic E-state index is 0.0758. The number of thioether (sulfide) groups is 1. The van der Waals surface area contributed by atoms with Crippen molar-refractivity contribution >= 4 is 28.8 Å². The molecule has 1 saturated heterocycles. The molecule has 3 heterocycles. The molecule has 7 rings (SSSR count). The molecule has 2 unspecified atom stereocenters. The van der Waals surface area contributed by atoms with E-state index in [0.29, 0.717) is 13.0 Å². The van der Waals surface area contributed by atoms with Crippen LogP contribution in [0.2, 0.25) is 0 Å². The lowest BCUT2D eigenvalue weighted by Gasteiger charge is -2.45. The number of hydrogen-bond acceptors (Lipinski definition) is 6. The zero-order valence-corrected chi connectivity index (χ0v) is 21.8. The number of para-hydroxylation sites is 1. The molecule has 1 N–H and O–H groups in total. The Bertz CT molecular complexity index is 1610. The van der Waals surface area contributed by atoms with Gasteiger partial charge in [-0.25, -0.2) is 5.01 Å². The van der Waals surface area contributed by atoms with Gasteiger partial charge in [-0.15, -0.1) is 0 Å². The molecular formula is C32H25N3O3S. The van der Waals surface area contributed by atoms with Crippen LogP contribution in [0.25, 0.3) is 6.08 Å². The van der Waals surface area contributed by atoms with E-state index in [-0.39, 0.29) is 11.3 Å². The van der Waals surface area contributed by atoms with E-state index in [2.05, 4.69) is 23.5 Å². The highest BCUT2D eigenvalue weighted by Crippen LogP contribution is 2.52. The summed E-state index contributed by atoms with van der Waals surface area (Å²) in [7, 11) is 0. The number of benzene rings is 4. The predicted octanol–water partition coefficient (Wildman–Crippen LogP) is 6.96. The van der Waals surface area contributed by atoms with Gasteiger partial charge in [0.2, 0.25) is 0 Å². The maximum atomic E-state index is 12.9. The van der Waals surface area contributed by atoms with Crippen LogP contribution >= 0.6 is 11.8 Å². The second-order valence-corrected chi connectivity index (χ2v) is 10.6. The van der Waals surface area contributed by atoms with Crippen LogP contribution in [0.3, 0.4) is 0 Å². The van der Waals surface area contributed by atoms with Crippen molar-refractivity contribution in [2.24, 2.45) is 5.10 Å². The van der Waals surface area contributed by atoms with Gasteiger partial charge in [-0.2, -0.15) is 5.10 Å². The molecule has 3 aliphatic rings. The van der Waals surface area contributed by atoms with E-state index in [1.54, 1.807) is 0 Å². The van der Waals surface area contributed by atoms with Crippen LogP contribution in [-0.2, 0) is 6.61 Å². The van der Waals surface area contributed by atoms with Gasteiger partial charge < -0.3 is 9.47 Å². The summed E-state index contributed by atoms with van der Waals surface area (Å²) in [5.74, 6) is 0.262. The van der Waals surface area contributed by atoms with E-state index in [1.807, 2.05) is 102 Å². The molecule has 39 heavy (non-hydrogen) atoms. The van der Waals surface area contributed by atoms with Crippen LogP contribution in [-0.4, -0.2) is 21.8 Å². The first-order chi connectivity index (χ1) is 19.2. The van der Waals surface area contributed by atoms with Crippen molar-refractivity contribution in [2.45, 2.75) is 24.9 Å². The number of carbonyl (C=O) groups excluding carboxylic acids is 1. The molecule has 2 atom stereocenters. The minimum atomic E-state index is -1.24. The van der Waals surface area contributed by atoms with Gasteiger partial charge in [0.05, 0.1) is 16.7 Å². The summed E-state index contributed by atoms with van der Waals surface area (Å²) in [6.07, 6.45) is 2.70. The van der Waals surface area contributed by atoms with Crippen LogP contribution in [0.1, 0.15) is 34.7 Å². The van der Waals surface area contributed by atoms with Crippen molar-refractivity contribution in [3.63, 3.8) is 0 Å². The SMILES string of the molecule is O=C1NC2(Oc3ccccc3C3CC(c4ccccc4)=NN32)/C(=C/c2cccc(OCc3ccccc3)c2)S1. The molecule has 6 nitrogen and oxygen atoms in total. The Morgan fingerprint density at radius 3 is 2.59 bits per heavy atom. The fourth-order valence-corrected chi connectivity index (χ4v) is 6.17. The highest BCUT2D eigenvalue weighted by atomic mass is 32.2. The maximum Gasteiger partial charge on any atom is 0.314 e. The number of rotatable bonds is 5. The average molecular weight is 532 g/mol. The maximum absolute atomic E-state index is 12.9. The molecule has 4 aromatic carbocycles. The van der Waals surface area contributed by atoms with Crippen LogP contribution in [0, 0.1) is 0 Å². The number of fused-ring (bicyclic) bond motifs is 4. The number of ether oxygens (including phenoxy) is 2. The lowest BCUT2D eigenvalue weighted by molar-refractivity contribution is -0.0949. The van der Waals surface area contributed by atoms with Crippen LogP contribution in [0.15, 0.2) is 119 Å². The first-order valence-corrected chi connectivity index (χ1v) is 13.7. The zero-order chi connectivity index (χ0) is 26.2. The number of carbonyl (C=O) groups is 1. The molecule has 3 aliphatic heterocycles. The largest absolute Gasteiger partial charge is 0.489 e. The molecule has 1 amide bonds. The second-order valence-electron chi connectivity index (χ2n) is 9.63. The van der Waals surface area contributed by atoms with Crippen molar-refractivity contribution in [3.8, 4) is 11.5 Å². The second kappa shape index (κ2) is 9.67. The molecule has 1 spiro atoms. The highest BCUT2D eigenvalue weighted by Gasteiger charge is 2.58. The standard InChI is InChI=1S/C32H25N3O3S/c36-31-33-32(30(39-31)19-23-12-9-15-25(18-23)37-21-22-10-3-1-4-11-22)35-28(26-16-7-8-17-29(26)38-32)20-27(34-35)24-13-5-2-6-14-24/h1-19,28H,20-21H2,(H,33,36)/b30-19-. The summed E-state index contributed by atoms with van der Waals surface area (Å²) in [6, 6.07) is 36.0. The summed E-state index contributed by atoms with van der Waals surface area (Å²) in [4.78, 5) is 13.7. The van der Waals surface area contributed by atoms with Crippen molar-refractivity contribution in [3.05, 3.63) is 136 Å². The fourth-order valence-electron chi connectivity index (χ4n) is 5.26. The first-order valence-electron chi connectivity index (χ1n) is 12.9. The Balaban J connectivity index is 1.26. The summed E-state index contributed by atoms with van der Waals surface area (Å²) in [6.45, 7) is 0.478. The third-order valence-electron chi connectivity index (χ3n) is 7.09. The Labute approximate surface area is 231 Å². The Kier molecular flexibility index (Phi) is 5.86. The molecule has 1 fully saturated rings. The van der Waals surface area contributed by atoms with E-state index < -0.39 is 5.85 Å². The molecule has 0 aliphatic carbocycles. The smallest absolute Gasteiger partial charge is 0.314 e. The monoisotopic (exact) mass is 531 g/mol. The van der Waals surface area contributed by atoms with Crippen molar-refractivity contribution in [2.75, 3.05) is 0 Å². The third-order valence-corrected chi connectivity index (χ3v) is 7.99. The predicted molar refractivity (Wildman–Crippen MR) is 153 cm³/mol. The highest BCUT2D eigenvalue weighted by molar-refractivity contribution is 8.17. The first kappa shape index (κ1) is 23.6. The Morgan fingerprint density at radius 2 is 1.74 bits per heavy atom. The van der Waals surface area contributed by atoms with Gasteiger partial charge in [0.15, 0.2) is 0 Å². The third kappa shape index (κ3) is 4.34. The van der Waals surface area contributed by atoms with Gasteiger partial charge >= 0.3 is 5.85 Å². The topological polar surface area (TPSA) is 63.2 Å². The normalized spacial score (nSPS) is 22.2. The van der Waals surface area contributed by atoms with Gasteiger partial charge in [0.1, 0.15) is 18.1 Å². The molecule has 0 bridgehead atoms. The molecule has 0 radical (unpaired) electrons. The van der Waals surface area contributed by atoms with E-state index in [4.69, 9.17) is 14.6 Å². The van der Waals surface area contributed by atoms with Gasteiger partial charge in [-0.05, 0) is 52.7 Å². The lowest BCUT2D eigenvalue weighted by atomic mass is 9.95. The molecule has 0 saturated carbocycles. The molecule has 192 valence electrons. The summed E-state index contributed by atoms with van der Waals surface area (Å²) in [5.41, 5.74) is 5.08. The summed E-state index contributed by atoms with van der Waals surface area (Å²) >= 11 is 1.14. The number of hydrazone groups is 1. The van der Waals surface area contributed by atoms with Crippen LogP contribution in [0.5, 0.6) is 11.5 Å². The van der Waals surface area contributed by atoms with Gasteiger partial charge in [-0.1, -0.05) is 91.0 Å². The fraction of sp³-hybridized carbons (Fsp3) is 0.125. The van der Waals surface area contributed by atoms with E-state index >= 15 is 0 Å². The number of nitrogens with zero attached hydrogens (tertiary/aromatic N) is 2. The average Bonchev–Trinajstić information content (AvgIpc) is 3.56. The van der Waals surface area contributed by atoms with Crippen molar-refractivity contribution < 1.29 is 14.3 Å². The lowest BCUT2D eigenvalue weighted by Crippen LogP contribution is -2.61. The molecule has 7 heteroatoms. The molecule has 4 aromatic rings. The van der Waals surface area contributed by atoms with Gasteiger partial charge in [-0.3, -0.25) is 10.1 Å². The van der Waals surface area contributed by atoms with Crippen LogP contribution < -0.4 is 14.8 Å². The number of hydrogen-bond donors (Lipinski definition) is 1. The summed E-state index contributed by atoms with van der Waals surface area (Å²) in [5, 5.41) is 9.91. The number of nitrogens with one attached hydrogen (secondary N) is 1. The van der Waals surface area contributed by atoms with Gasteiger partial charge in [0, 0.05) is 12.0 Å². The minimum Gasteiger partial charge on any atom is -0.489 e. The number of amides is 1. The Hall–Kier alpha value is -4.49. The van der Waals surface area contributed by atoms with Crippen molar-refractivity contribution in [1.29, 1.82) is 0 Å².